The van der Waals surface area contributed by atoms with Crippen LogP contribution in [0.1, 0.15) is 23.0 Å². The number of ether oxygens (including phenoxy) is 2. The van der Waals surface area contributed by atoms with Gasteiger partial charge in [0.25, 0.3) is 0 Å². The standard InChI is InChI=1S/C19H19NO4S/c21-19(6-4-14-3-5-15-17(12-14)24-13-23-15)20-8-7-18(25-11-9-20)16-2-1-10-22-16/h1-6,10,12,18H,7-9,11,13H2. The van der Waals surface area contributed by atoms with E-state index in [0.717, 1.165) is 48.1 Å². The zero-order valence-electron chi connectivity index (χ0n) is 13.7. The Hall–Kier alpha value is -2.34. The average molecular weight is 357 g/mol. The Morgan fingerprint density at radius 1 is 1.20 bits per heavy atom. The fourth-order valence-electron chi connectivity index (χ4n) is 2.98. The van der Waals surface area contributed by atoms with Gasteiger partial charge in [0.1, 0.15) is 5.76 Å². The molecule has 0 bridgehead atoms. The van der Waals surface area contributed by atoms with Crippen LogP contribution in [0.5, 0.6) is 11.5 Å². The van der Waals surface area contributed by atoms with Crippen molar-refractivity contribution in [1.29, 1.82) is 0 Å². The predicted octanol–water partition coefficient (Wildman–Crippen LogP) is 3.73. The highest BCUT2D eigenvalue weighted by Gasteiger charge is 2.22. The summed E-state index contributed by atoms with van der Waals surface area (Å²) in [5.41, 5.74) is 0.926. The molecule has 5 nitrogen and oxygen atoms in total. The number of thioether (sulfide) groups is 1. The van der Waals surface area contributed by atoms with Crippen molar-refractivity contribution >= 4 is 23.7 Å². The lowest BCUT2D eigenvalue weighted by Crippen LogP contribution is -2.31. The molecule has 1 fully saturated rings. The molecule has 2 aliphatic heterocycles. The largest absolute Gasteiger partial charge is 0.468 e. The highest BCUT2D eigenvalue weighted by atomic mass is 32.2. The van der Waals surface area contributed by atoms with Gasteiger partial charge in [-0.25, -0.2) is 0 Å². The van der Waals surface area contributed by atoms with Gasteiger partial charge in [-0.1, -0.05) is 6.07 Å². The van der Waals surface area contributed by atoms with Gasteiger partial charge in [-0.3, -0.25) is 4.79 Å². The van der Waals surface area contributed by atoms with Crippen molar-refractivity contribution in [1.82, 2.24) is 4.90 Å². The van der Waals surface area contributed by atoms with Crippen LogP contribution in [0.15, 0.2) is 47.1 Å². The van der Waals surface area contributed by atoms with Gasteiger partial charge < -0.3 is 18.8 Å². The van der Waals surface area contributed by atoms with E-state index in [-0.39, 0.29) is 12.7 Å². The Morgan fingerprint density at radius 2 is 2.12 bits per heavy atom. The second-order valence-corrected chi connectivity index (χ2v) is 7.25. The van der Waals surface area contributed by atoms with Gasteiger partial charge >= 0.3 is 0 Å². The molecule has 1 aromatic heterocycles. The molecule has 1 saturated heterocycles. The van der Waals surface area contributed by atoms with Crippen LogP contribution in [-0.2, 0) is 4.79 Å². The number of nitrogens with zero attached hydrogens (tertiary/aromatic N) is 1. The van der Waals surface area contributed by atoms with Crippen molar-refractivity contribution < 1.29 is 18.7 Å². The summed E-state index contributed by atoms with van der Waals surface area (Å²) in [5.74, 6) is 3.42. The summed E-state index contributed by atoms with van der Waals surface area (Å²) in [7, 11) is 0. The first-order valence-electron chi connectivity index (χ1n) is 8.31. The van der Waals surface area contributed by atoms with Gasteiger partial charge in [0.15, 0.2) is 11.5 Å². The minimum absolute atomic E-state index is 0.0401. The zero-order chi connectivity index (χ0) is 17.1. The summed E-state index contributed by atoms with van der Waals surface area (Å²) in [6, 6.07) is 9.59. The minimum Gasteiger partial charge on any atom is -0.468 e. The molecule has 4 rings (SSSR count). The van der Waals surface area contributed by atoms with E-state index < -0.39 is 0 Å². The molecular formula is C19H19NO4S. The fourth-order valence-corrected chi connectivity index (χ4v) is 4.16. The number of benzene rings is 1. The number of hydrogen-bond acceptors (Lipinski definition) is 5. The van der Waals surface area contributed by atoms with E-state index in [1.54, 1.807) is 12.3 Å². The van der Waals surface area contributed by atoms with Crippen molar-refractivity contribution in [2.45, 2.75) is 11.7 Å². The van der Waals surface area contributed by atoms with Crippen LogP contribution >= 0.6 is 11.8 Å². The van der Waals surface area contributed by atoms with Gasteiger partial charge in [0.05, 0.1) is 11.5 Å². The third kappa shape index (κ3) is 3.69. The SMILES string of the molecule is O=C(C=Cc1ccc2c(c1)OCO2)N1CCSC(c2ccco2)CC1. The van der Waals surface area contributed by atoms with E-state index >= 15 is 0 Å². The summed E-state index contributed by atoms with van der Waals surface area (Å²) in [6.45, 7) is 1.75. The average Bonchev–Trinajstić information content (AvgIpc) is 3.27. The Labute approximate surface area is 150 Å². The quantitative estimate of drug-likeness (QED) is 0.784. The number of carbonyl (C=O) groups is 1. The first kappa shape index (κ1) is 16.1. The highest BCUT2D eigenvalue weighted by Crippen LogP contribution is 2.35. The van der Waals surface area contributed by atoms with Crippen molar-refractivity contribution in [2.24, 2.45) is 0 Å². The lowest BCUT2D eigenvalue weighted by Gasteiger charge is -2.18. The molecule has 1 unspecified atom stereocenters. The van der Waals surface area contributed by atoms with Gasteiger partial charge in [0.2, 0.25) is 12.7 Å². The maximum absolute atomic E-state index is 12.5. The Balaban J connectivity index is 1.37. The van der Waals surface area contributed by atoms with Crippen LogP contribution in [0, 0.1) is 0 Å². The van der Waals surface area contributed by atoms with Crippen molar-refractivity contribution in [3.05, 3.63) is 54.0 Å². The maximum atomic E-state index is 12.5. The van der Waals surface area contributed by atoms with E-state index in [4.69, 9.17) is 13.9 Å². The molecule has 0 saturated carbocycles. The lowest BCUT2D eigenvalue weighted by atomic mass is 10.2. The zero-order valence-corrected chi connectivity index (χ0v) is 14.5. The Morgan fingerprint density at radius 3 is 3.00 bits per heavy atom. The topological polar surface area (TPSA) is 51.9 Å². The summed E-state index contributed by atoms with van der Waals surface area (Å²) >= 11 is 1.85. The van der Waals surface area contributed by atoms with Crippen LogP contribution in [-0.4, -0.2) is 36.4 Å². The molecule has 1 aromatic carbocycles. The minimum atomic E-state index is 0.0401. The van der Waals surface area contributed by atoms with Crippen molar-refractivity contribution in [2.75, 3.05) is 25.6 Å². The van der Waals surface area contributed by atoms with E-state index in [1.165, 1.54) is 0 Å². The molecule has 0 aliphatic carbocycles. The second kappa shape index (κ2) is 7.27. The molecular weight excluding hydrogens is 338 g/mol. The third-order valence-corrected chi connectivity index (χ3v) is 5.62. The van der Waals surface area contributed by atoms with Crippen molar-refractivity contribution in [3.63, 3.8) is 0 Å². The molecule has 0 N–H and O–H groups in total. The molecule has 2 aromatic rings. The van der Waals surface area contributed by atoms with Gasteiger partial charge in [-0.2, -0.15) is 0 Å². The van der Waals surface area contributed by atoms with E-state index in [0.29, 0.717) is 5.25 Å². The summed E-state index contributed by atoms with van der Waals surface area (Å²) in [5, 5.41) is 0.325. The van der Waals surface area contributed by atoms with Crippen molar-refractivity contribution in [3.8, 4) is 11.5 Å². The van der Waals surface area contributed by atoms with Crippen LogP contribution in [0.2, 0.25) is 0 Å². The van der Waals surface area contributed by atoms with Crippen LogP contribution in [0.3, 0.4) is 0 Å². The Kier molecular flexibility index (Phi) is 4.70. The third-order valence-electron chi connectivity index (χ3n) is 4.33. The normalized spacial score (nSPS) is 20.0. The number of amides is 1. The highest BCUT2D eigenvalue weighted by molar-refractivity contribution is 7.99. The van der Waals surface area contributed by atoms with Crippen LogP contribution in [0.4, 0.5) is 0 Å². The molecule has 0 spiro atoms. The number of fused-ring (bicyclic) bond motifs is 1. The predicted molar refractivity (Wildman–Crippen MR) is 96.7 cm³/mol. The molecule has 1 atom stereocenters. The molecule has 1 amide bonds. The number of rotatable bonds is 3. The van der Waals surface area contributed by atoms with E-state index in [9.17, 15) is 4.79 Å². The van der Waals surface area contributed by atoms with Gasteiger partial charge in [0, 0.05) is 24.9 Å². The number of hydrogen-bond donors (Lipinski definition) is 0. The first-order valence-corrected chi connectivity index (χ1v) is 9.36. The number of furan rings is 1. The van der Waals surface area contributed by atoms with Gasteiger partial charge in [-0.05, 0) is 42.3 Å². The monoisotopic (exact) mass is 357 g/mol. The molecule has 0 radical (unpaired) electrons. The lowest BCUT2D eigenvalue weighted by molar-refractivity contribution is -0.125. The van der Waals surface area contributed by atoms with Crippen LogP contribution in [0.25, 0.3) is 6.08 Å². The number of carbonyl (C=O) groups excluding carboxylic acids is 1. The molecule has 25 heavy (non-hydrogen) atoms. The fraction of sp³-hybridized carbons (Fsp3) is 0.316. The molecule has 6 heteroatoms. The maximum Gasteiger partial charge on any atom is 0.246 e. The van der Waals surface area contributed by atoms with Gasteiger partial charge in [-0.15, -0.1) is 11.8 Å². The summed E-state index contributed by atoms with van der Waals surface area (Å²) in [4.78, 5) is 14.4. The molecule has 3 heterocycles. The molecule has 2 aliphatic rings. The molecule has 130 valence electrons. The Bertz CT molecular complexity index is 772. The van der Waals surface area contributed by atoms with Crippen LogP contribution < -0.4 is 9.47 Å². The second-order valence-electron chi connectivity index (χ2n) is 5.93. The first-order chi connectivity index (χ1) is 12.3. The summed E-state index contributed by atoms with van der Waals surface area (Å²) < 4.78 is 16.2. The summed E-state index contributed by atoms with van der Waals surface area (Å²) in [6.07, 6.45) is 6.07. The van der Waals surface area contributed by atoms with E-state index in [2.05, 4.69) is 0 Å². The van der Waals surface area contributed by atoms with E-state index in [1.807, 2.05) is 53.1 Å². The smallest absolute Gasteiger partial charge is 0.246 e.